The van der Waals surface area contributed by atoms with E-state index >= 15 is 0 Å². The second-order valence-electron chi connectivity index (χ2n) is 31.3. The number of carbonyl (C=O) groups is 3. The third-order valence-corrected chi connectivity index (χ3v) is 31.9. The number of carboxylic acids is 1. The van der Waals surface area contributed by atoms with Gasteiger partial charge < -0.3 is 29.4 Å². The molecule has 139 heavy (non-hydrogen) atoms. The minimum Gasteiger partial charge on any atom is -0.870 e. The van der Waals surface area contributed by atoms with Crippen LogP contribution in [0.15, 0.2) is 460 Å². The zero-order valence-electron chi connectivity index (χ0n) is 78.4. The van der Waals surface area contributed by atoms with E-state index in [1.165, 1.54) is 114 Å². The summed E-state index contributed by atoms with van der Waals surface area (Å²) in [4.78, 5) is 32.7. The van der Waals surface area contributed by atoms with Crippen LogP contribution in [0.2, 0.25) is 0 Å². The summed E-state index contributed by atoms with van der Waals surface area (Å²) in [6.07, 6.45) is 4.97. The van der Waals surface area contributed by atoms with E-state index < -0.39 is 67.0 Å². The predicted octanol–water partition coefficient (Wildman–Crippen LogP) is 17.6. The van der Waals surface area contributed by atoms with Crippen LogP contribution in [0.4, 0.5) is 13.2 Å². The molecule has 2 N–H and O–H groups in total. The first-order valence-corrected chi connectivity index (χ1v) is 49.7. The Balaban J connectivity index is 0.000000178. The summed E-state index contributed by atoms with van der Waals surface area (Å²) in [5, 5.41) is 37.5. The number of ether oxygens (including phenoxy) is 2. The van der Waals surface area contributed by atoms with Crippen LogP contribution in [-0.2, 0) is 60.3 Å². The first-order valence-electron chi connectivity index (χ1n) is 43.6. The number of carboxylic acid groups (broad SMARTS) is 1. The molecule has 1 saturated heterocycles. The molecule has 19 rings (SSSR count). The molecule has 0 bridgehead atoms. The average Bonchev–Trinajstić information content (AvgIpc) is 1.62. The molecule has 702 valence electrons. The molecule has 26 heteroatoms. The van der Waals surface area contributed by atoms with Gasteiger partial charge in [-0.1, -0.05) is 392 Å². The van der Waals surface area contributed by atoms with Gasteiger partial charge in [-0.15, -0.1) is 0 Å². The second kappa shape index (κ2) is 56.3. The Bertz CT molecular complexity index is 5870. The summed E-state index contributed by atoms with van der Waals surface area (Å²) in [6, 6.07) is 147. The summed E-state index contributed by atoms with van der Waals surface area (Å²) in [5.74, 6) is -4.55. The summed E-state index contributed by atoms with van der Waals surface area (Å²) in [6.45, 7) is 8.18. The Morgan fingerprint density at radius 2 is 0.532 bits per heavy atom. The van der Waals surface area contributed by atoms with Gasteiger partial charge in [0.15, 0.2) is 0 Å². The third-order valence-electron chi connectivity index (χ3n) is 21.7. The molecule has 0 atom stereocenters. The maximum Gasteiger partial charge on any atom is 1.00 e. The molecular weight excluding hydrogens is 1990 g/mol. The number of aryl methyl sites for hydroxylation is 3. The number of nitrogens with zero attached hydrogens (tertiary/aromatic N) is 6. The molecule has 1 aliphatic heterocycles. The normalized spacial score (nSPS) is 11.6. The van der Waals surface area contributed by atoms with Crippen molar-refractivity contribution in [3.63, 3.8) is 0 Å². The summed E-state index contributed by atoms with van der Waals surface area (Å²) >= 11 is 3.08. The number of benzene rings is 15. The first kappa shape index (κ1) is 111. The number of rotatable bonds is 18. The number of hydrogen-bond acceptors (Lipinski definition) is 11. The smallest absolute Gasteiger partial charge is 0.870 e. The Hall–Kier alpha value is -12.1. The maximum absolute atomic E-state index is 13.7. The number of carbonyl (C=O) groups excluding carboxylic acids is 2. The van der Waals surface area contributed by atoms with Crippen molar-refractivity contribution in [3.05, 3.63) is 494 Å². The SMILES string of the molecule is COC(=O)c1ccc(-c2ccnn2C)cc1F.COC(=O)c1ccc(Br)cc1F.Cn1nccc1-c1ccc(C(=O)O)c(F)c1.Cn1nccc1B1OC(C)(C)C(C)(C)O1.[Na+].[OH-].[Pd].c1ccc(P(c2ccccc2)c2ccccc2)cc1.c1ccc(P(c2ccccc2)c2ccccc2)cc1.c1ccc(P(c2ccccc2)c2ccccc2)cc1.c1ccc(P(c2ccccc2)c2ccccc2)cc1. The number of aromatic carboxylic acids is 1. The molecule has 0 aliphatic carbocycles. The van der Waals surface area contributed by atoms with Crippen molar-refractivity contribution in [1.29, 1.82) is 0 Å². The molecule has 1 fully saturated rings. The molecule has 15 aromatic carbocycles. The minimum absolute atomic E-state index is 0. The van der Waals surface area contributed by atoms with Crippen LogP contribution in [0.3, 0.4) is 0 Å². The molecule has 0 spiro atoms. The van der Waals surface area contributed by atoms with Crippen LogP contribution < -0.4 is 98.8 Å². The number of methoxy groups -OCH3 is 2. The van der Waals surface area contributed by atoms with Crippen LogP contribution in [0, 0.1) is 17.5 Å². The fourth-order valence-corrected chi connectivity index (χ4v) is 23.7. The summed E-state index contributed by atoms with van der Waals surface area (Å²) in [7, 11) is 5.72. The van der Waals surface area contributed by atoms with Gasteiger partial charge in [0.25, 0.3) is 0 Å². The topological polar surface area (TPSA) is 192 Å². The van der Waals surface area contributed by atoms with Gasteiger partial charge in [-0.2, -0.15) is 15.3 Å². The second-order valence-corrected chi connectivity index (χ2v) is 41.1. The van der Waals surface area contributed by atoms with Gasteiger partial charge in [0.05, 0.1) is 59.1 Å². The first-order chi connectivity index (χ1) is 66.0. The van der Waals surface area contributed by atoms with Gasteiger partial charge in [-0.05, 0) is 184 Å². The van der Waals surface area contributed by atoms with E-state index in [-0.39, 0.29) is 90.5 Å². The van der Waals surface area contributed by atoms with Crippen molar-refractivity contribution in [1.82, 2.24) is 29.3 Å². The summed E-state index contributed by atoms with van der Waals surface area (Å²) in [5.41, 5.74) is 2.69. The van der Waals surface area contributed by atoms with Gasteiger partial charge in [0, 0.05) is 75.8 Å². The van der Waals surface area contributed by atoms with Gasteiger partial charge in [-0.3, -0.25) is 14.0 Å². The Kier molecular flexibility index (Phi) is 44.7. The van der Waals surface area contributed by atoms with E-state index in [1.807, 2.05) is 40.8 Å². The monoisotopic (exact) mass is 2090 g/mol. The number of aromatic nitrogens is 6. The summed E-state index contributed by atoms with van der Waals surface area (Å²) < 4.78 is 66.3. The van der Waals surface area contributed by atoms with Crippen molar-refractivity contribution in [2.24, 2.45) is 21.1 Å². The zero-order valence-corrected chi connectivity index (χ0v) is 87.1. The van der Waals surface area contributed by atoms with E-state index in [4.69, 9.17) is 14.4 Å². The fraction of sp³-hybridized carbons (Fsp3) is 0.0973. The predicted molar refractivity (Wildman–Crippen MR) is 562 cm³/mol. The molecule has 0 amide bonds. The van der Waals surface area contributed by atoms with Crippen LogP contribution in [0.1, 0.15) is 58.8 Å². The van der Waals surface area contributed by atoms with E-state index in [9.17, 15) is 27.6 Å². The van der Waals surface area contributed by atoms with Crippen LogP contribution in [0.25, 0.3) is 22.5 Å². The van der Waals surface area contributed by atoms with E-state index in [0.717, 1.165) is 17.0 Å². The number of esters is 2. The Morgan fingerprint density at radius 3 is 0.719 bits per heavy atom. The Morgan fingerprint density at radius 1 is 0.324 bits per heavy atom. The van der Waals surface area contributed by atoms with Crippen molar-refractivity contribution in [2.45, 2.75) is 38.9 Å². The largest absolute Gasteiger partial charge is 1.00 e. The van der Waals surface area contributed by atoms with Crippen molar-refractivity contribution >= 4 is 142 Å². The van der Waals surface area contributed by atoms with Crippen molar-refractivity contribution in [3.8, 4) is 22.5 Å². The van der Waals surface area contributed by atoms with Crippen molar-refractivity contribution in [2.75, 3.05) is 14.2 Å². The molecule has 1 aliphatic rings. The Labute approximate surface area is 861 Å². The molecule has 0 unspecified atom stereocenters. The quantitative estimate of drug-likeness (QED) is 0.0486. The molecule has 0 radical (unpaired) electrons. The average molecular weight is 2090 g/mol. The standard InChI is InChI=1S/4C18H15P.C12H11FN2O2.C11H9FN2O2.C10H17BN2O2.C8H6BrFO2.Na.H2O.Pd/c4*1-4-10-16(11-5-1)19(17-12-6-2-7-13-17)18-14-8-3-9-15-18;1-15-11(5-6-14-15)8-3-4-9(10(13)7-8)12(16)17-2;1-14-10(4-5-13-14)7-2-3-8(11(15)16)9(12)6-7;1-9(2)10(3,4)15-11(14-9)8-6-7-12-13(8)5;1-12-8(11)6-3-2-5(9)4-7(6)10;;;/h4*1-15H;3-7H,1-2H3;2-6H,1H3,(H,15,16);6-7H,1-5H3;2-4H,1H3;;1H2;/q;;;;;;;;+1;;/p-1. The van der Waals surface area contributed by atoms with Crippen LogP contribution in [0.5, 0.6) is 0 Å². The fourth-order valence-electron chi connectivity index (χ4n) is 14.2. The van der Waals surface area contributed by atoms with Gasteiger partial charge in [0.2, 0.25) is 0 Å². The van der Waals surface area contributed by atoms with Crippen LogP contribution in [-0.4, -0.2) is 90.4 Å². The van der Waals surface area contributed by atoms with Gasteiger partial charge >= 0.3 is 54.6 Å². The molecule has 3 aromatic heterocycles. The molecule has 4 heterocycles. The number of halogens is 4. The van der Waals surface area contributed by atoms with Gasteiger partial charge in [0.1, 0.15) is 17.5 Å². The van der Waals surface area contributed by atoms with Crippen molar-refractivity contribution < 1.29 is 107 Å². The maximum atomic E-state index is 13.7. The van der Waals surface area contributed by atoms with Gasteiger partial charge in [-0.25, -0.2) is 27.6 Å². The number of hydrogen-bond donors (Lipinski definition) is 1. The zero-order chi connectivity index (χ0) is 96.2. The van der Waals surface area contributed by atoms with E-state index in [0.29, 0.717) is 15.6 Å². The van der Waals surface area contributed by atoms with E-state index in [1.54, 1.807) is 77.1 Å². The molecule has 15 nitrogen and oxygen atoms in total. The van der Waals surface area contributed by atoms with E-state index in [2.05, 4.69) is 405 Å². The molecule has 18 aromatic rings. The van der Waals surface area contributed by atoms with Crippen LogP contribution >= 0.6 is 47.6 Å². The third kappa shape index (κ3) is 31.5. The molecular formula is C113H104BBrF3N6NaO9P4Pd. The molecule has 0 saturated carbocycles. The minimum atomic E-state index is -1.27.